The van der Waals surface area contributed by atoms with Gasteiger partial charge in [-0.25, -0.2) is 0 Å². The Balaban J connectivity index is 1.78. The molecular formula is C18H21N3O3. The van der Waals surface area contributed by atoms with E-state index in [9.17, 15) is 9.59 Å². The third-order valence-corrected chi connectivity index (χ3v) is 4.19. The lowest BCUT2D eigenvalue weighted by atomic mass is 10.2. The zero-order valence-electron chi connectivity index (χ0n) is 13.9. The zero-order valence-corrected chi connectivity index (χ0v) is 13.9. The van der Waals surface area contributed by atoms with Gasteiger partial charge in [0, 0.05) is 20.1 Å². The summed E-state index contributed by atoms with van der Waals surface area (Å²) in [5, 5.41) is 2.70. The number of nitrogens with zero attached hydrogens (tertiary/aromatic N) is 2. The Kier molecular flexibility index (Phi) is 4.55. The molecule has 0 saturated carbocycles. The van der Waals surface area contributed by atoms with Crippen LogP contribution >= 0.6 is 0 Å². The Morgan fingerprint density at radius 1 is 1.12 bits per heavy atom. The minimum absolute atomic E-state index is 0.127. The van der Waals surface area contributed by atoms with Crippen LogP contribution in [0.3, 0.4) is 0 Å². The molecule has 2 heterocycles. The fourth-order valence-corrected chi connectivity index (χ4v) is 2.92. The zero-order chi connectivity index (χ0) is 17.1. The second kappa shape index (κ2) is 6.78. The summed E-state index contributed by atoms with van der Waals surface area (Å²) >= 11 is 0. The van der Waals surface area contributed by atoms with E-state index in [0.29, 0.717) is 6.54 Å². The molecule has 2 aromatic rings. The van der Waals surface area contributed by atoms with Gasteiger partial charge >= 0.3 is 0 Å². The van der Waals surface area contributed by atoms with Gasteiger partial charge in [-0.05, 0) is 37.6 Å². The Labute approximate surface area is 141 Å². The van der Waals surface area contributed by atoms with E-state index in [1.165, 1.54) is 6.26 Å². The van der Waals surface area contributed by atoms with Gasteiger partial charge in [0.15, 0.2) is 5.76 Å². The lowest BCUT2D eigenvalue weighted by Crippen LogP contribution is -2.47. The summed E-state index contributed by atoms with van der Waals surface area (Å²) < 4.78 is 5.07. The predicted octanol–water partition coefficient (Wildman–Crippen LogP) is 2.27. The Morgan fingerprint density at radius 3 is 2.58 bits per heavy atom. The van der Waals surface area contributed by atoms with E-state index in [1.54, 1.807) is 24.0 Å². The van der Waals surface area contributed by atoms with Gasteiger partial charge in [-0.1, -0.05) is 12.1 Å². The molecule has 0 aliphatic carbocycles. The van der Waals surface area contributed by atoms with Crippen molar-refractivity contribution in [1.29, 1.82) is 0 Å². The molecule has 0 spiro atoms. The van der Waals surface area contributed by atoms with E-state index in [1.807, 2.05) is 31.3 Å². The summed E-state index contributed by atoms with van der Waals surface area (Å²) in [5.41, 5.74) is 1.90. The van der Waals surface area contributed by atoms with Gasteiger partial charge < -0.3 is 19.5 Å². The molecule has 0 saturated heterocycles. The standard InChI is InChI=1S/C18H21N3O3/c1-13(19-17(22)16-9-5-12-24-16)18(23)21-11-6-10-20(2)14-7-3-4-8-15(14)21/h3-5,7-9,12-13H,6,10-11H2,1-2H3,(H,19,22). The van der Waals surface area contributed by atoms with Gasteiger partial charge in [0.1, 0.15) is 6.04 Å². The van der Waals surface area contributed by atoms with Crippen LogP contribution in [0.4, 0.5) is 11.4 Å². The molecule has 0 radical (unpaired) electrons. The Hall–Kier alpha value is -2.76. The number of hydrogen-bond acceptors (Lipinski definition) is 4. The summed E-state index contributed by atoms with van der Waals surface area (Å²) in [6.45, 7) is 3.20. The van der Waals surface area contributed by atoms with Crippen LogP contribution in [0.25, 0.3) is 0 Å². The van der Waals surface area contributed by atoms with Gasteiger partial charge in [-0.15, -0.1) is 0 Å². The first kappa shape index (κ1) is 16.1. The highest BCUT2D eigenvalue weighted by molar-refractivity contribution is 6.03. The monoisotopic (exact) mass is 327 g/mol. The smallest absolute Gasteiger partial charge is 0.287 e. The van der Waals surface area contributed by atoms with Crippen LogP contribution in [-0.4, -0.2) is 38.0 Å². The third-order valence-electron chi connectivity index (χ3n) is 4.19. The van der Waals surface area contributed by atoms with Gasteiger partial charge in [0.25, 0.3) is 5.91 Å². The molecule has 1 aliphatic rings. The number of benzene rings is 1. The molecule has 6 heteroatoms. The fraction of sp³-hybridized carbons (Fsp3) is 0.333. The van der Waals surface area contributed by atoms with Crippen LogP contribution < -0.4 is 15.1 Å². The molecule has 1 aromatic carbocycles. The normalized spacial score (nSPS) is 15.4. The van der Waals surface area contributed by atoms with Gasteiger partial charge in [-0.2, -0.15) is 0 Å². The number of rotatable bonds is 3. The predicted molar refractivity (Wildman–Crippen MR) is 92.3 cm³/mol. The van der Waals surface area contributed by atoms with Crippen molar-refractivity contribution in [2.24, 2.45) is 0 Å². The molecule has 2 amide bonds. The summed E-state index contributed by atoms with van der Waals surface area (Å²) in [5.74, 6) is -0.315. The quantitative estimate of drug-likeness (QED) is 0.939. The van der Waals surface area contributed by atoms with Crippen molar-refractivity contribution >= 4 is 23.2 Å². The first-order valence-corrected chi connectivity index (χ1v) is 8.04. The van der Waals surface area contributed by atoms with E-state index in [2.05, 4.69) is 10.2 Å². The van der Waals surface area contributed by atoms with Crippen LogP contribution in [0.15, 0.2) is 47.1 Å². The number of carbonyl (C=O) groups is 2. The van der Waals surface area contributed by atoms with Gasteiger partial charge in [-0.3, -0.25) is 9.59 Å². The molecule has 0 bridgehead atoms. The van der Waals surface area contributed by atoms with Crippen molar-refractivity contribution < 1.29 is 14.0 Å². The van der Waals surface area contributed by atoms with Crippen molar-refractivity contribution in [2.45, 2.75) is 19.4 Å². The maximum absolute atomic E-state index is 12.9. The van der Waals surface area contributed by atoms with Crippen molar-refractivity contribution in [2.75, 3.05) is 29.9 Å². The minimum atomic E-state index is -0.640. The van der Waals surface area contributed by atoms with Crippen LogP contribution in [0.1, 0.15) is 23.9 Å². The minimum Gasteiger partial charge on any atom is -0.459 e. The number of anilines is 2. The van der Waals surface area contributed by atoms with E-state index >= 15 is 0 Å². The topological polar surface area (TPSA) is 65.8 Å². The lowest BCUT2D eigenvalue weighted by Gasteiger charge is -2.27. The average molecular weight is 327 g/mol. The number of carbonyl (C=O) groups excluding carboxylic acids is 2. The largest absolute Gasteiger partial charge is 0.459 e. The summed E-state index contributed by atoms with van der Waals surface area (Å²) in [4.78, 5) is 28.9. The molecule has 1 unspecified atom stereocenters. The van der Waals surface area contributed by atoms with E-state index < -0.39 is 6.04 Å². The third kappa shape index (κ3) is 3.13. The first-order chi connectivity index (χ1) is 11.6. The summed E-state index contributed by atoms with van der Waals surface area (Å²) in [6, 6.07) is 10.4. The van der Waals surface area contributed by atoms with Crippen LogP contribution in [0.2, 0.25) is 0 Å². The number of furan rings is 1. The average Bonchev–Trinajstić information content (AvgIpc) is 3.07. The van der Waals surface area contributed by atoms with Crippen LogP contribution in [0.5, 0.6) is 0 Å². The number of nitrogens with one attached hydrogen (secondary N) is 1. The highest BCUT2D eigenvalue weighted by Gasteiger charge is 2.28. The van der Waals surface area contributed by atoms with Crippen molar-refractivity contribution in [1.82, 2.24) is 5.32 Å². The van der Waals surface area contributed by atoms with E-state index in [0.717, 1.165) is 24.3 Å². The van der Waals surface area contributed by atoms with E-state index in [-0.39, 0.29) is 17.6 Å². The number of amides is 2. The molecule has 24 heavy (non-hydrogen) atoms. The van der Waals surface area contributed by atoms with E-state index in [4.69, 9.17) is 4.42 Å². The van der Waals surface area contributed by atoms with Crippen LogP contribution in [-0.2, 0) is 4.79 Å². The van der Waals surface area contributed by atoms with Crippen molar-refractivity contribution in [3.05, 3.63) is 48.4 Å². The molecular weight excluding hydrogens is 306 g/mol. The molecule has 1 aromatic heterocycles. The Morgan fingerprint density at radius 2 is 1.88 bits per heavy atom. The summed E-state index contributed by atoms with van der Waals surface area (Å²) in [6.07, 6.45) is 2.30. The molecule has 1 N–H and O–H groups in total. The van der Waals surface area contributed by atoms with Gasteiger partial charge in [0.05, 0.1) is 17.6 Å². The highest BCUT2D eigenvalue weighted by atomic mass is 16.3. The second-order valence-electron chi connectivity index (χ2n) is 5.93. The molecule has 1 aliphatic heterocycles. The van der Waals surface area contributed by atoms with Gasteiger partial charge in [0.2, 0.25) is 5.91 Å². The number of hydrogen-bond donors (Lipinski definition) is 1. The maximum Gasteiger partial charge on any atom is 0.287 e. The molecule has 6 nitrogen and oxygen atoms in total. The molecule has 1 atom stereocenters. The van der Waals surface area contributed by atoms with Crippen molar-refractivity contribution in [3.63, 3.8) is 0 Å². The maximum atomic E-state index is 12.9. The lowest BCUT2D eigenvalue weighted by molar-refractivity contribution is -0.120. The SMILES string of the molecule is CC(NC(=O)c1ccco1)C(=O)N1CCCN(C)c2ccccc21. The second-order valence-corrected chi connectivity index (χ2v) is 5.93. The number of para-hydroxylation sites is 2. The molecule has 0 fully saturated rings. The van der Waals surface area contributed by atoms with Crippen molar-refractivity contribution in [3.8, 4) is 0 Å². The first-order valence-electron chi connectivity index (χ1n) is 8.04. The highest BCUT2D eigenvalue weighted by Crippen LogP contribution is 2.31. The summed E-state index contributed by atoms with van der Waals surface area (Å²) in [7, 11) is 2.02. The molecule has 3 rings (SSSR count). The Bertz CT molecular complexity index is 727. The fourth-order valence-electron chi connectivity index (χ4n) is 2.92. The van der Waals surface area contributed by atoms with Crippen LogP contribution in [0, 0.1) is 0 Å². The molecule has 126 valence electrons. The number of fused-ring (bicyclic) bond motifs is 1.